The molecule has 1 saturated carbocycles. The molecule has 1 aliphatic heterocycles. The van der Waals surface area contributed by atoms with E-state index in [1.54, 1.807) is 4.90 Å². The van der Waals surface area contributed by atoms with Crippen LogP contribution in [-0.2, 0) is 20.9 Å². The first-order chi connectivity index (χ1) is 12.7. The normalized spacial score (nSPS) is 20.3. The van der Waals surface area contributed by atoms with Crippen molar-refractivity contribution in [2.24, 2.45) is 0 Å². The molecule has 1 aromatic rings. The highest BCUT2D eigenvalue weighted by molar-refractivity contribution is 5.85. The van der Waals surface area contributed by atoms with E-state index in [-0.39, 0.29) is 36.7 Å². The van der Waals surface area contributed by atoms with Crippen molar-refractivity contribution in [3.63, 3.8) is 0 Å². The lowest BCUT2D eigenvalue weighted by atomic mass is 10.1. The van der Waals surface area contributed by atoms with E-state index in [4.69, 9.17) is 0 Å². The second-order valence-electron chi connectivity index (χ2n) is 7.38. The SMILES string of the molecule is O=C[C@@H]1CCCN1C(=O)CCC(=O)N(Cc1ccccc1)C1CCCC1. The summed E-state index contributed by atoms with van der Waals surface area (Å²) in [5.41, 5.74) is 1.12. The molecule has 1 heterocycles. The summed E-state index contributed by atoms with van der Waals surface area (Å²) in [6.45, 7) is 1.24. The van der Waals surface area contributed by atoms with E-state index in [0.29, 0.717) is 13.1 Å². The van der Waals surface area contributed by atoms with Crippen LogP contribution in [0.1, 0.15) is 56.9 Å². The summed E-state index contributed by atoms with van der Waals surface area (Å²) in [5, 5.41) is 0. The third kappa shape index (κ3) is 4.51. The van der Waals surface area contributed by atoms with Crippen LogP contribution >= 0.6 is 0 Å². The fourth-order valence-electron chi connectivity index (χ4n) is 4.16. The average Bonchev–Trinajstić information content (AvgIpc) is 3.36. The van der Waals surface area contributed by atoms with Crippen molar-refractivity contribution in [2.45, 2.75) is 70.0 Å². The largest absolute Gasteiger partial charge is 0.335 e. The lowest BCUT2D eigenvalue weighted by molar-refractivity contribution is -0.139. The first-order valence-corrected chi connectivity index (χ1v) is 9.77. The zero-order valence-corrected chi connectivity index (χ0v) is 15.3. The van der Waals surface area contributed by atoms with Crippen molar-refractivity contribution < 1.29 is 14.4 Å². The Morgan fingerprint density at radius 2 is 1.77 bits per heavy atom. The van der Waals surface area contributed by atoms with Gasteiger partial charge >= 0.3 is 0 Å². The molecule has 5 nitrogen and oxygen atoms in total. The average molecular weight is 356 g/mol. The highest BCUT2D eigenvalue weighted by Crippen LogP contribution is 2.26. The lowest BCUT2D eigenvalue weighted by Gasteiger charge is -2.29. The van der Waals surface area contributed by atoms with Crippen LogP contribution in [0.15, 0.2) is 30.3 Å². The number of hydrogen-bond donors (Lipinski definition) is 0. The van der Waals surface area contributed by atoms with Crippen LogP contribution in [0.2, 0.25) is 0 Å². The molecule has 1 aliphatic carbocycles. The molecule has 2 aliphatic rings. The van der Waals surface area contributed by atoms with Crippen molar-refractivity contribution in [3.8, 4) is 0 Å². The van der Waals surface area contributed by atoms with Gasteiger partial charge in [-0.2, -0.15) is 0 Å². The van der Waals surface area contributed by atoms with Crippen molar-refractivity contribution in [2.75, 3.05) is 6.54 Å². The van der Waals surface area contributed by atoms with Gasteiger partial charge < -0.3 is 14.6 Å². The molecule has 3 rings (SSSR count). The van der Waals surface area contributed by atoms with E-state index in [1.807, 2.05) is 35.2 Å². The summed E-state index contributed by atoms with van der Waals surface area (Å²) in [5.74, 6) is -0.0185. The van der Waals surface area contributed by atoms with E-state index < -0.39 is 0 Å². The van der Waals surface area contributed by atoms with Gasteiger partial charge in [0.05, 0.1) is 6.04 Å². The Hall–Kier alpha value is -2.17. The molecular formula is C21H28N2O3. The monoisotopic (exact) mass is 356 g/mol. The Balaban J connectivity index is 1.60. The van der Waals surface area contributed by atoms with E-state index in [2.05, 4.69) is 0 Å². The first kappa shape index (κ1) is 18.6. The van der Waals surface area contributed by atoms with Gasteiger partial charge in [0.2, 0.25) is 11.8 Å². The highest BCUT2D eigenvalue weighted by atomic mass is 16.2. The van der Waals surface area contributed by atoms with Crippen LogP contribution in [0.4, 0.5) is 0 Å². The van der Waals surface area contributed by atoms with Crippen LogP contribution < -0.4 is 0 Å². The Bertz CT molecular complexity index is 625. The van der Waals surface area contributed by atoms with Crippen molar-refractivity contribution >= 4 is 18.1 Å². The van der Waals surface area contributed by atoms with E-state index in [9.17, 15) is 14.4 Å². The van der Waals surface area contributed by atoms with Crippen LogP contribution in [0.3, 0.4) is 0 Å². The number of likely N-dealkylation sites (tertiary alicyclic amines) is 1. The summed E-state index contributed by atoms with van der Waals surface area (Å²) in [6, 6.07) is 10.0. The molecule has 1 atom stereocenters. The zero-order chi connectivity index (χ0) is 18.4. The fraction of sp³-hybridized carbons (Fsp3) is 0.571. The molecule has 1 aromatic carbocycles. The van der Waals surface area contributed by atoms with Crippen LogP contribution in [0, 0.1) is 0 Å². The first-order valence-electron chi connectivity index (χ1n) is 9.77. The summed E-state index contributed by atoms with van der Waals surface area (Å²) in [4.78, 5) is 40.0. The van der Waals surface area contributed by atoms with Gasteiger partial charge in [0.1, 0.15) is 6.29 Å². The van der Waals surface area contributed by atoms with Gasteiger partial charge in [-0.1, -0.05) is 43.2 Å². The summed E-state index contributed by atoms with van der Waals surface area (Å²) >= 11 is 0. The number of carbonyl (C=O) groups is 3. The van der Waals surface area contributed by atoms with Crippen molar-refractivity contribution in [1.82, 2.24) is 9.80 Å². The highest BCUT2D eigenvalue weighted by Gasteiger charge is 2.30. The second kappa shape index (κ2) is 8.97. The minimum atomic E-state index is -0.298. The Labute approximate surface area is 155 Å². The molecule has 0 radical (unpaired) electrons. The number of aldehydes is 1. The third-order valence-electron chi connectivity index (χ3n) is 5.61. The maximum Gasteiger partial charge on any atom is 0.223 e. The molecule has 2 fully saturated rings. The van der Waals surface area contributed by atoms with Gasteiger partial charge in [0.25, 0.3) is 0 Å². The Kier molecular flexibility index (Phi) is 6.42. The van der Waals surface area contributed by atoms with Crippen LogP contribution in [0.25, 0.3) is 0 Å². The van der Waals surface area contributed by atoms with Crippen LogP contribution in [-0.4, -0.2) is 46.5 Å². The quantitative estimate of drug-likeness (QED) is 0.706. The molecule has 2 amide bonds. The molecule has 26 heavy (non-hydrogen) atoms. The van der Waals surface area contributed by atoms with Gasteiger partial charge in [-0.15, -0.1) is 0 Å². The predicted molar refractivity (Wildman–Crippen MR) is 99.3 cm³/mol. The van der Waals surface area contributed by atoms with Gasteiger partial charge in [0, 0.05) is 32.0 Å². The maximum atomic E-state index is 12.9. The molecule has 5 heteroatoms. The summed E-state index contributed by atoms with van der Waals surface area (Å²) < 4.78 is 0. The molecule has 1 saturated heterocycles. The van der Waals surface area contributed by atoms with Gasteiger partial charge in [-0.25, -0.2) is 0 Å². The number of nitrogens with zero attached hydrogens (tertiary/aromatic N) is 2. The third-order valence-corrected chi connectivity index (χ3v) is 5.61. The number of amides is 2. The maximum absolute atomic E-state index is 12.9. The van der Waals surface area contributed by atoms with Crippen LogP contribution in [0.5, 0.6) is 0 Å². The summed E-state index contributed by atoms with van der Waals surface area (Å²) in [6.07, 6.45) is 7.31. The Morgan fingerprint density at radius 1 is 1.04 bits per heavy atom. The number of hydrogen-bond acceptors (Lipinski definition) is 3. The molecule has 0 N–H and O–H groups in total. The Morgan fingerprint density at radius 3 is 2.46 bits per heavy atom. The predicted octanol–water partition coefficient (Wildman–Crippen LogP) is 2.93. The molecule has 0 unspecified atom stereocenters. The smallest absolute Gasteiger partial charge is 0.223 e. The molecule has 0 bridgehead atoms. The van der Waals surface area contributed by atoms with E-state index in [1.165, 1.54) is 0 Å². The van der Waals surface area contributed by atoms with Crippen molar-refractivity contribution in [1.29, 1.82) is 0 Å². The van der Waals surface area contributed by atoms with Gasteiger partial charge in [0.15, 0.2) is 0 Å². The van der Waals surface area contributed by atoms with E-state index in [0.717, 1.165) is 50.4 Å². The number of rotatable bonds is 7. The standard InChI is InChI=1S/C21H28N2O3/c24-16-19-11-6-14-22(19)20(25)12-13-21(26)23(18-9-4-5-10-18)15-17-7-2-1-3-8-17/h1-3,7-8,16,18-19H,4-6,9-15H2/t19-/m0/s1. The topological polar surface area (TPSA) is 57.7 Å². The van der Waals surface area contributed by atoms with Gasteiger partial charge in [-0.3, -0.25) is 9.59 Å². The van der Waals surface area contributed by atoms with Gasteiger partial charge in [-0.05, 0) is 31.2 Å². The molecule has 0 spiro atoms. The van der Waals surface area contributed by atoms with E-state index >= 15 is 0 Å². The second-order valence-corrected chi connectivity index (χ2v) is 7.38. The number of carbonyl (C=O) groups excluding carboxylic acids is 3. The zero-order valence-electron chi connectivity index (χ0n) is 15.3. The molecule has 0 aromatic heterocycles. The molecule has 140 valence electrons. The minimum Gasteiger partial charge on any atom is -0.335 e. The van der Waals surface area contributed by atoms with Crippen molar-refractivity contribution in [3.05, 3.63) is 35.9 Å². The molecular weight excluding hydrogens is 328 g/mol. The minimum absolute atomic E-state index is 0.0518. The fourth-order valence-corrected chi connectivity index (χ4v) is 4.16. The summed E-state index contributed by atoms with van der Waals surface area (Å²) in [7, 11) is 0. The lowest BCUT2D eigenvalue weighted by Crippen LogP contribution is -2.40. The number of benzene rings is 1.